The summed E-state index contributed by atoms with van der Waals surface area (Å²) >= 11 is 0. The molecular weight excluding hydrogens is 434 g/mol. The van der Waals surface area contributed by atoms with Crippen LogP contribution in [-0.4, -0.2) is 37.7 Å². The van der Waals surface area contributed by atoms with Gasteiger partial charge in [-0.25, -0.2) is 4.68 Å². The fourth-order valence-corrected chi connectivity index (χ4v) is 4.55. The van der Waals surface area contributed by atoms with Gasteiger partial charge in [-0.15, -0.1) is 5.10 Å². The van der Waals surface area contributed by atoms with E-state index in [1.807, 2.05) is 24.3 Å². The minimum atomic E-state index is -0.940. The first-order chi connectivity index (χ1) is 16.7. The van der Waals surface area contributed by atoms with Gasteiger partial charge in [0.25, 0.3) is 5.91 Å². The maximum absolute atomic E-state index is 13.7. The Morgan fingerprint density at radius 1 is 1.03 bits per heavy atom. The lowest BCUT2D eigenvalue weighted by atomic mass is 9.95. The Morgan fingerprint density at radius 2 is 1.82 bits per heavy atom. The average Bonchev–Trinajstić information content (AvgIpc) is 3.63. The van der Waals surface area contributed by atoms with Crippen molar-refractivity contribution in [2.45, 2.75) is 57.3 Å². The molecule has 0 spiro atoms. The number of hydrogen-bond donors (Lipinski definition) is 1. The molecule has 5 rings (SSSR count). The molecule has 3 heterocycles. The molecule has 0 bridgehead atoms. The molecule has 4 aromatic rings. The molecule has 1 atom stereocenters. The lowest BCUT2D eigenvalue weighted by Crippen LogP contribution is -2.47. The van der Waals surface area contributed by atoms with Crippen LogP contribution in [0.15, 0.2) is 69.9 Å². The topological polar surface area (TPSA) is 106 Å². The van der Waals surface area contributed by atoms with E-state index in [1.165, 1.54) is 17.6 Å². The molecule has 0 aliphatic heterocycles. The van der Waals surface area contributed by atoms with Gasteiger partial charge in [-0.05, 0) is 49.2 Å². The summed E-state index contributed by atoms with van der Waals surface area (Å²) in [5, 5.41) is 11.4. The van der Waals surface area contributed by atoms with E-state index in [0.717, 1.165) is 31.2 Å². The number of carbonyl (C=O) groups excluding carboxylic acids is 2. The summed E-state index contributed by atoms with van der Waals surface area (Å²) in [6.45, 7) is 0.0387. The second kappa shape index (κ2) is 9.94. The zero-order valence-corrected chi connectivity index (χ0v) is 18.8. The largest absolute Gasteiger partial charge is 0.467 e. The normalized spacial score (nSPS) is 15.3. The van der Waals surface area contributed by atoms with Gasteiger partial charge in [0.1, 0.15) is 23.6 Å². The molecule has 1 aliphatic rings. The summed E-state index contributed by atoms with van der Waals surface area (Å²) in [4.78, 5) is 28.7. The van der Waals surface area contributed by atoms with E-state index in [9.17, 15) is 9.59 Å². The lowest BCUT2D eigenvalue weighted by Gasteiger charge is -2.31. The smallest absolute Gasteiger partial charge is 0.250 e. The predicted octanol–water partition coefficient (Wildman–Crippen LogP) is 3.84. The van der Waals surface area contributed by atoms with Gasteiger partial charge in [0.2, 0.25) is 5.91 Å². The number of rotatable bonds is 8. The van der Waals surface area contributed by atoms with E-state index in [0.29, 0.717) is 17.0 Å². The second-order valence-corrected chi connectivity index (χ2v) is 8.60. The highest BCUT2D eigenvalue weighted by Gasteiger charge is 2.35. The average molecular weight is 462 g/mol. The number of fused-ring (bicyclic) bond motifs is 1. The molecule has 1 aromatic carbocycles. The summed E-state index contributed by atoms with van der Waals surface area (Å²) in [7, 11) is 0. The maximum Gasteiger partial charge on any atom is 0.250 e. The summed E-state index contributed by atoms with van der Waals surface area (Å²) in [5.74, 6) is 0.410. The Kier molecular flexibility index (Phi) is 6.42. The molecule has 1 fully saturated rings. The minimum absolute atomic E-state index is 0.0743. The first-order valence-electron chi connectivity index (χ1n) is 11.6. The lowest BCUT2D eigenvalue weighted by molar-refractivity contribution is -0.143. The molecule has 1 aliphatic carbocycles. The Labute approximate surface area is 196 Å². The molecule has 1 saturated carbocycles. The number of amides is 2. The van der Waals surface area contributed by atoms with Gasteiger partial charge in [-0.2, -0.15) is 0 Å². The highest BCUT2D eigenvalue weighted by atomic mass is 16.3. The number of para-hydroxylation sites is 1. The van der Waals surface area contributed by atoms with Crippen LogP contribution < -0.4 is 5.32 Å². The molecule has 0 saturated heterocycles. The Morgan fingerprint density at radius 3 is 2.59 bits per heavy atom. The fourth-order valence-electron chi connectivity index (χ4n) is 4.55. The molecule has 1 N–H and O–H groups in total. The number of benzene rings is 1. The van der Waals surface area contributed by atoms with Crippen LogP contribution in [0.2, 0.25) is 0 Å². The van der Waals surface area contributed by atoms with Gasteiger partial charge < -0.3 is 19.1 Å². The molecule has 3 aromatic heterocycles. The summed E-state index contributed by atoms with van der Waals surface area (Å²) in [6, 6.07) is 13.6. The number of hydrogen-bond acceptors (Lipinski definition) is 6. The van der Waals surface area contributed by atoms with Crippen molar-refractivity contribution in [1.82, 2.24) is 25.2 Å². The Bertz CT molecular complexity index is 1230. The summed E-state index contributed by atoms with van der Waals surface area (Å²) in [6.07, 6.45) is 8.30. The Balaban J connectivity index is 1.46. The van der Waals surface area contributed by atoms with Crippen molar-refractivity contribution in [1.29, 1.82) is 0 Å². The summed E-state index contributed by atoms with van der Waals surface area (Å²) < 4.78 is 12.7. The Hall–Kier alpha value is -3.88. The molecule has 176 valence electrons. The van der Waals surface area contributed by atoms with Gasteiger partial charge in [0.15, 0.2) is 6.04 Å². The molecule has 2 amide bonds. The van der Waals surface area contributed by atoms with E-state index in [1.54, 1.807) is 35.2 Å². The SMILES string of the molecule is O=C(NC1CCCCC1)[C@@H](c1ccco1)N(Cc1ccco1)C(=O)Cn1nnc2ccccc21. The third-order valence-corrected chi connectivity index (χ3v) is 6.26. The molecular formula is C25H27N5O4. The number of carbonyl (C=O) groups is 2. The van der Waals surface area contributed by atoms with E-state index in [2.05, 4.69) is 15.6 Å². The minimum Gasteiger partial charge on any atom is -0.467 e. The van der Waals surface area contributed by atoms with E-state index < -0.39 is 6.04 Å². The summed E-state index contributed by atoms with van der Waals surface area (Å²) in [5.41, 5.74) is 1.44. The van der Waals surface area contributed by atoms with E-state index in [-0.39, 0.29) is 30.9 Å². The van der Waals surface area contributed by atoms with Crippen molar-refractivity contribution in [3.05, 3.63) is 72.6 Å². The predicted molar refractivity (Wildman–Crippen MR) is 123 cm³/mol. The van der Waals surface area contributed by atoms with Crippen LogP contribution in [0.1, 0.15) is 49.7 Å². The number of aromatic nitrogens is 3. The van der Waals surface area contributed by atoms with Gasteiger partial charge in [0, 0.05) is 6.04 Å². The highest BCUT2D eigenvalue weighted by molar-refractivity contribution is 5.89. The standard InChI is InChI=1S/C25H27N5O4/c31-23(17-30-21-12-5-4-11-20(21)27-28-30)29(16-19-10-6-14-33-19)24(22-13-7-15-34-22)25(32)26-18-8-2-1-3-9-18/h4-7,10-15,18,24H,1-3,8-9,16-17H2,(H,26,32)/t24-/m1/s1. The van der Waals surface area contributed by atoms with Gasteiger partial charge in [-0.3, -0.25) is 9.59 Å². The monoisotopic (exact) mass is 461 g/mol. The van der Waals surface area contributed by atoms with Crippen LogP contribution >= 0.6 is 0 Å². The van der Waals surface area contributed by atoms with Crippen LogP contribution in [-0.2, 0) is 22.7 Å². The molecule has 9 heteroatoms. The number of furan rings is 2. The van der Waals surface area contributed by atoms with Crippen LogP contribution in [0, 0.1) is 0 Å². The van der Waals surface area contributed by atoms with Crippen molar-refractivity contribution in [3.63, 3.8) is 0 Å². The zero-order chi connectivity index (χ0) is 23.3. The van der Waals surface area contributed by atoms with Crippen molar-refractivity contribution < 1.29 is 18.4 Å². The first-order valence-corrected chi connectivity index (χ1v) is 11.6. The third kappa shape index (κ3) is 4.73. The fraction of sp³-hybridized carbons (Fsp3) is 0.360. The van der Waals surface area contributed by atoms with Crippen LogP contribution in [0.25, 0.3) is 11.0 Å². The van der Waals surface area contributed by atoms with Gasteiger partial charge >= 0.3 is 0 Å². The van der Waals surface area contributed by atoms with Crippen molar-refractivity contribution >= 4 is 22.8 Å². The van der Waals surface area contributed by atoms with E-state index >= 15 is 0 Å². The van der Waals surface area contributed by atoms with Crippen molar-refractivity contribution in [2.75, 3.05) is 0 Å². The molecule has 0 unspecified atom stereocenters. The molecule has 34 heavy (non-hydrogen) atoms. The van der Waals surface area contributed by atoms with Crippen LogP contribution in [0.4, 0.5) is 0 Å². The number of nitrogens with one attached hydrogen (secondary N) is 1. The number of nitrogens with zero attached hydrogens (tertiary/aromatic N) is 4. The highest BCUT2D eigenvalue weighted by Crippen LogP contribution is 2.27. The second-order valence-electron chi connectivity index (χ2n) is 8.60. The first kappa shape index (κ1) is 21.9. The van der Waals surface area contributed by atoms with Crippen molar-refractivity contribution in [2.24, 2.45) is 0 Å². The van der Waals surface area contributed by atoms with Crippen LogP contribution in [0.5, 0.6) is 0 Å². The zero-order valence-electron chi connectivity index (χ0n) is 18.8. The quantitative estimate of drug-likeness (QED) is 0.427. The maximum atomic E-state index is 13.7. The van der Waals surface area contributed by atoms with E-state index in [4.69, 9.17) is 8.83 Å². The van der Waals surface area contributed by atoms with Crippen molar-refractivity contribution in [3.8, 4) is 0 Å². The third-order valence-electron chi connectivity index (χ3n) is 6.26. The molecule has 9 nitrogen and oxygen atoms in total. The van der Waals surface area contributed by atoms with Gasteiger partial charge in [-0.1, -0.05) is 36.6 Å². The van der Waals surface area contributed by atoms with Crippen LogP contribution in [0.3, 0.4) is 0 Å². The molecule has 0 radical (unpaired) electrons. The van der Waals surface area contributed by atoms with Gasteiger partial charge in [0.05, 0.1) is 24.6 Å².